The number of benzene rings is 2. The smallest absolute Gasteiger partial charge is 0.436 e. The Bertz CT molecular complexity index is 1330. The SMILES string of the molecule is COC(=O)c1ccc(C(C)NC(=O)c2c(C(F)(F)F)nn3c2N(c2cccc(C(F)(F)F)c2)CC3)cc1. The summed E-state index contributed by atoms with van der Waals surface area (Å²) in [5.41, 5.74) is -2.49. The molecule has 196 valence electrons. The fraction of sp³-hybridized carbons (Fsp3) is 0.292. The number of rotatable bonds is 5. The third-order valence-corrected chi connectivity index (χ3v) is 5.88. The van der Waals surface area contributed by atoms with E-state index in [0.717, 1.165) is 22.9 Å². The van der Waals surface area contributed by atoms with Crippen molar-refractivity contribution in [1.29, 1.82) is 0 Å². The second-order valence-corrected chi connectivity index (χ2v) is 8.28. The summed E-state index contributed by atoms with van der Waals surface area (Å²) in [5.74, 6) is -1.93. The van der Waals surface area contributed by atoms with Gasteiger partial charge in [-0.25, -0.2) is 9.48 Å². The maximum atomic E-state index is 13.9. The van der Waals surface area contributed by atoms with Crippen molar-refractivity contribution in [2.24, 2.45) is 0 Å². The Balaban J connectivity index is 1.70. The maximum absolute atomic E-state index is 13.9. The lowest BCUT2D eigenvalue weighted by Crippen LogP contribution is -2.30. The van der Waals surface area contributed by atoms with Gasteiger partial charge < -0.3 is 15.0 Å². The van der Waals surface area contributed by atoms with Crippen molar-refractivity contribution in [2.45, 2.75) is 31.9 Å². The van der Waals surface area contributed by atoms with E-state index < -0.39 is 47.1 Å². The van der Waals surface area contributed by atoms with Crippen LogP contribution in [0.3, 0.4) is 0 Å². The molecule has 0 bridgehead atoms. The zero-order chi connectivity index (χ0) is 27.1. The van der Waals surface area contributed by atoms with Crippen LogP contribution in [0.25, 0.3) is 0 Å². The zero-order valence-electron chi connectivity index (χ0n) is 19.4. The van der Waals surface area contributed by atoms with Crippen molar-refractivity contribution in [3.8, 4) is 0 Å². The van der Waals surface area contributed by atoms with Gasteiger partial charge in [-0.15, -0.1) is 0 Å². The minimum Gasteiger partial charge on any atom is -0.465 e. The summed E-state index contributed by atoms with van der Waals surface area (Å²) < 4.78 is 86.9. The Kier molecular flexibility index (Phi) is 6.65. The number of hydrogen-bond acceptors (Lipinski definition) is 5. The van der Waals surface area contributed by atoms with E-state index in [2.05, 4.69) is 15.2 Å². The molecule has 1 amide bonds. The van der Waals surface area contributed by atoms with Gasteiger partial charge in [0.15, 0.2) is 5.69 Å². The van der Waals surface area contributed by atoms with Crippen LogP contribution < -0.4 is 10.2 Å². The van der Waals surface area contributed by atoms with E-state index in [1.807, 2.05) is 0 Å². The summed E-state index contributed by atoms with van der Waals surface area (Å²) in [6, 6.07) is 9.25. The number of nitrogens with zero attached hydrogens (tertiary/aromatic N) is 3. The van der Waals surface area contributed by atoms with Crippen molar-refractivity contribution < 1.29 is 40.7 Å². The number of hydrogen-bond donors (Lipinski definition) is 1. The average molecular weight is 526 g/mol. The van der Waals surface area contributed by atoms with Gasteiger partial charge in [0.2, 0.25) is 0 Å². The normalized spacial score (nSPS) is 14.3. The molecule has 0 spiro atoms. The maximum Gasteiger partial charge on any atom is 0.436 e. The fourth-order valence-corrected chi connectivity index (χ4v) is 4.07. The average Bonchev–Trinajstić information content (AvgIpc) is 3.43. The Hall–Kier alpha value is -4.03. The molecular formula is C24H20F6N4O3. The van der Waals surface area contributed by atoms with Gasteiger partial charge >= 0.3 is 18.3 Å². The molecule has 0 saturated heterocycles. The van der Waals surface area contributed by atoms with Crippen LogP contribution in [0, 0.1) is 0 Å². The van der Waals surface area contributed by atoms with Crippen LogP contribution in [0.1, 0.15) is 50.5 Å². The van der Waals surface area contributed by atoms with E-state index >= 15 is 0 Å². The van der Waals surface area contributed by atoms with Crippen molar-refractivity contribution in [3.05, 3.63) is 76.5 Å². The molecule has 7 nitrogen and oxygen atoms in total. The number of esters is 1. The van der Waals surface area contributed by atoms with E-state index in [0.29, 0.717) is 5.56 Å². The van der Waals surface area contributed by atoms with Gasteiger partial charge in [0.25, 0.3) is 5.91 Å². The number of methoxy groups -OCH3 is 1. The monoisotopic (exact) mass is 526 g/mol. The first-order chi connectivity index (χ1) is 17.3. The van der Waals surface area contributed by atoms with E-state index in [9.17, 15) is 35.9 Å². The molecule has 4 rings (SSSR count). The van der Waals surface area contributed by atoms with E-state index in [1.165, 1.54) is 49.3 Å². The standard InChI is InChI=1S/C24H20F6N4O3/c1-13(14-6-8-15(9-7-14)22(36)37-2)31-20(35)18-19(24(28,29)30)32-34-11-10-33(21(18)34)17-5-3-4-16(12-17)23(25,26)27/h3-9,12-13H,10-11H2,1-2H3,(H,31,35). The number of alkyl halides is 6. The van der Waals surface area contributed by atoms with Crippen molar-refractivity contribution in [1.82, 2.24) is 15.1 Å². The molecule has 37 heavy (non-hydrogen) atoms. The van der Waals surface area contributed by atoms with Gasteiger partial charge in [-0.2, -0.15) is 31.4 Å². The molecule has 2 heterocycles. The molecule has 0 radical (unpaired) electrons. The molecule has 2 aromatic carbocycles. The molecule has 1 unspecified atom stereocenters. The van der Waals surface area contributed by atoms with Crippen LogP contribution in [0.4, 0.5) is 37.8 Å². The predicted octanol–water partition coefficient (Wildman–Crippen LogP) is 5.35. The first kappa shape index (κ1) is 26.0. The lowest BCUT2D eigenvalue weighted by Gasteiger charge is -2.22. The molecule has 1 aromatic heterocycles. The Morgan fingerprint density at radius 2 is 1.68 bits per heavy atom. The Morgan fingerprint density at radius 3 is 2.27 bits per heavy atom. The van der Waals surface area contributed by atoms with Gasteiger partial charge in [0.1, 0.15) is 11.4 Å². The molecule has 1 aliphatic rings. The largest absolute Gasteiger partial charge is 0.465 e. The summed E-state index contributed by atoms with van der Waals surface area (Å²) in [5, 5.41) is 6.06. The minimum atomic E-state index is -4.99. The zero-order valence-corrected chi connectivity index (χ0v) is 19.4. The van der Waals surface area contributed by atoms with Gasteiger partial charge in [0.05, 0.1) is 30.8 Å². The number of ether oxygens (including phenoxy) is 1. The predicted molar refractivity (Wildman–Crippen MR) is 119 cm³/mol. The van der Waals surface area contributed by atoms with Crippen LogP contribution in [0.2, 0.25) is 0 Å². The number of carbonyl (C=O) groups is 2. The van der Waals surface area contributed by atoms with Gasteiger partial charge in [-0.1, -0.05) is 18.2 Å². The van der Waals surface area contributed by atoms with Crippen LogP contribution >= 0.6 is 0 Å². The van der Waals surface area contributed by atoms with Crippen LogP contribution in [0.15, 0.2) is 48.5 Å². The topological polar surface area (TPSA) is 76.5 Å². The number of amides is 1. The number of fused-ring (bicyclic) bond motifs is 1. The summed E-state index contributed by atoms with van der Waals surface area (Å²) in [6.45, 7) is 1.49. The highest BCUT2D eigenvalue weighted by Crippen LogP contribution is 2.42. The first-order valence-electron chi connectivity index (χ1n) is 10.9. The number of halogens is 6. The Morgan fingerprint density at radius 1 is 1.00 bits per heavy atom. The summed E-state index contributed by atoms with van der Waals surface area (Å²) in [4.78, 5) is 26.0. The highest BCUT2D eigenvalue weighted by atomic mass is 19.4. The summed E-state index contributed by atoms with van der Waals surface area (Å²) >= 11 is 0. The quantitative estimate of drug-likeness (QED) is 0.358. The molecule has 0 saturated carbocycles. The van der Waals surface area contributed by atoms with Crippen molar-refractivity contribution in [3.63, 3.8) is 0 Å². The molecule has 0 fully saturated rings. The number of carbonyl (C=O) groups excluding carboxylic acids is 2. The molecule has 0 aliphatic carbocycles. The highest BCUT2D eigenvalue weighted by Gasteiger charge is 2.44. The second kappa shape index (κ2) is 9.45. The Labute approximate surface area is 206 Å². The van der Waals surface area contributed by atoms with Crippen LogP contribution in [-0.4, -0.2) is 35.3 Å². The van der Waals surface area contributed by atoms with Crippen molar-refractivity contribution in [2.75, 3.05) is 18.6 Å². The minimum absolute atomic E-state index is 0.0204. The lowest BCUT2D eigenvalue weighted by atomic mass is 10.1. The van der Waals surface area contributed by atoms with Crippen LogP contribution in [-0.2, 0) is 23.6 Å². The van der Waals surface area contributed by atoms with E-state index in [-0.39, 0.29) is 30.2 Å². The van der Waals surface area contributed by atoms with Crippen LogP contribution in [0.5, 0.6) is 0 Å². The van der Waals surface area contributed by atoms with Gasteiger partial charge in [-0.05, 0) is 42.8 Å². The molecule has 1 aliphatic heterocycles. The molecule has 13 heteroatoms. The van der Waals surface area contributed by atoms with Crippen molar-refractivity contribution >= 4 is 23.4 Å². The van der Waals surface area contributed by atoms with Gasteiger partial charge in [-0.3, -0.25) is 4.79 Å². The third kappa shape index (κ3) is 5.11. The number of anilines is 2. The first-order valence-corrected chi connectivity index (χ1v) is 10.9. The summed E-state index contributed by atoms with van der Waals surface area (Å²) in [7, 11) is 1.21. The van der Waals surface area contributed by atoms with E-state index in [1.54, 1.807) is 0 Å². The number of nitrogens with one attached hydrogen (secondary N) is 1. The van der Waals surface area contributed by atoms with E-state index in [4.69, 9.17) is 0 Å². The lowest BCUT2D eigenvalue weighted by molar-refractivity contribution is -0.142. The number of aromatic nitrogens is 2. The molecular weight excluding hydrogens is 506 g/mol. The fourth-order valence-electron chi connectivity index (χ4n) is 4.07. The highest BCUT2D eigenvalue weighted by molar-refractivity contribution is 6.02. The molecule has 1 atom stereocenters. The summed E-state index contributed by atoms with van der Waals surface area (Å²) in [6.07, 6.45) is -9.65. The van der Waals surface area contributed by atoms with Gasteiger partial charge in [0, 0.05) is 12.2 Å². The third-order valence-electron chi connectivity index (χ3n) is 5.88. The molecule has 1 N–H and O–H groups in total. The second-order valence-electron chi connectivity index (χ2n) is 8.28. The molecule has 3 aromatic rings.